The molecular formula is C14H17NO2S2. The largest absolute Gasteiger partial charge is 0.352 e. The number of rotatable bonds is 6. The van der Waals surface area contributed by atoms with Crippen LogP contribution in [0.5, 0.6) is 0 Å². The van der Waals surface area contributed by atoms with Crippen molar-refractivity contribution in [3.8, 4) is 0 Å². The summed E-state index contributed by atoms with van der Waals surface area (Å²) in [5.74, 6) is 0.904. The summed E-state index contributed by atoms with van der Waals surface area (Å²) in [6, 6.07) is 8.24. The Morgan fingerprint density at radius 2 is 1.89 bits per heavy atom. The highest BCUT2D eigenvalue weighted by Gasteiger charge is 2.08. The number of aryl methyl sites for hydroxylation is 1. The van der Waals surface area contributed by atoms with Gasteiger partial charge in [-0.2, -0.15) is 0 Å². The third-order valence-corrected chi connectivity index (χ3v) is 4.50. The topological polar surface area (TPSA) is 31.4 Å². The fraction of sp³-hybridized carbons (Fsp3) is 0.357. The lowest BCUT2D eigenvalue weighted by atomic mass is 10.2. The van der Waals surface area contributed by atoms with Crippen molar-refractivity contribution < 1.29 is 9.47 Å². The van der Waals surface area contributed by atoms with Gasteiger partial charge in [0.05, 0.1) is 10.7 Å². The highest BCUT2D eigenvalue weighted by atomic mass is 32.2. The summed E-state index contributed by atoms with van der Waals surface area (Å²) in [5.41, 5.74) is 2.17. The van der Waals surface area contributed by atoms with Crippen LogP contribution in [0.25, 0.3) is 0 Å². The van der Waals surface area contributed by atoms with Gasteiger partial charge in [-0.25, -0.2) is 4.98 Å². The second-order valence-electron chi connectivity index (χ2n) is 4.02. The molecule has 0 saturated heterocycles. The van der Waals surface area contributed by atoms with Gasteiger partial charge in [0.25, 0.3) is 0 Å². The van der Waals surface area contributed by atoms with E-state index in [4.69, 9.17) is 9.47 Å². The average Bonchev–Trinajstić information content (AvgIpc) is 2.85. The van der Waals surface area contributed by atoms with E-state index in [9.17, 15) is 0 Å². The molecule has 0 aliphatic carbocycles. The summed E-state index contributed by atoms with van der Waals surface area (Å²) in [6.07, 6.45) is -0.291. The van der Waals surface area contributed by atoms with Gasteiger partial charge >= 0.3 is 0 Å². The molecule has 0 amide bonds. The van der Waals surface area contributed by atoms with Crippen LogP contribution in [-0.2, 0) is 15.2 Å². The Balaban J connectivity index is 1.95. The highest BCUT2D eigenvalue weighted by molar-refractivity contribution is 7.98. The molecule has 0 radical (unpaired) electrons. The Morgan fingerprint density at radius 3 is 2.42 bits per heavy atom. The number of thiazole rings is 1. The van der Waals surface area contributed by atoms with Gasteiger partial charge in [-0.3, -0.25) is 0 Å². The molecule has 0 bridgehead atoms. The maximum absolute atomic E-state index is 5.22. The zero-order valence-electron chi connectivity index (χ0n) is 11.3. The molecule has 2 aromatic rings. The molecule has 0 unspecified atom stereocenters. The Bertz CT molecular complexity index is 506. The van der Waals surface area contributed by atoms with Crippen molar-refractivity contribution in [2.24, 2.45) is 0 Å². The fourth-order valence-electron chi connectivity index (χ4n) is 1.72. The molecule has 102 valence electrons. The first-order valence-corrected chi connectivity index (χ1v) is 7.79. The van der Waals surface area contributed by atoms with Crippen LogP contribution in [0.3, 0.4) is 0 Å². The molecular weight excluding hydrogens is 278 g/mol. The number of benzene rings is 1. The Kier molecular flexibility index (Phi) is 5.39. The van der Waals surface area contributed by atoms with Crippen LogP contribution < -0.4 is 0 Å². The van der Waals surface area contributed by atoms with Crippen LogP contribution >= 0.6 is 23.1 Å². The highest BCUT2D eigenvalue weighted by Crippen LogP contribution is 2.26. The third kappa shape index (κ3) is 4.04. The van der Waals surface area contributed by atoms with E-state index in [1.54, 1.807) is 37.3 Å². The number of thioether (sulfide) groups is 1. The number of aromatic nitrogens is 1. The molecule has 0 fully saturated rings. The Morgan fingerprint density at radius 1 is 1.21 bits per heavy atom. The second kappa shape index (κ2) is 7.05. The van der Waals surface area contributed by atoms with Crippen molar-refractivity contribution in [2.75, 3.05) is 14.2 Å². The molecule has 0 aliphatic heterocycles. The smallest absolute Gasteiger partial charge is 0.183 e. The quantitative estimate of drug-likeness (QED) is 0.594. The summed E-state index contributed by atoms with van der Waals surface area (Å²) in [5, 5.41) is 3.23. The SMILES string of the molecule is COC(OC)c1ccc(SCc2csc(C)n2)cc1. The molecule has 1 heterocycles. The minimum atomic E-state index is -0.291. The van der Waals surface area contributed by atoms with Gasteiger partial charge in [0.1, 0.15) is 0 Å². The van der Waals surface area contributed by atoms with Gasteiger partial charge in [-0.05, 0) is 19.1 Å². The lowest BCUT2D eigenvalue weighted by Gasteiger charge is -2.13. The summed E-state index contributed by atoms with van der Waals surface area (Å²) in [4.78, 5) is 5.68. The molecule has 0 saturated carbocycles. The molecule has 0 aliphatic rings. The van der Waals surface area contributed by atoms with E-state index in [-0.39, 0.29) is 6.29 Å². The van der Waals surface area contributed by atoms with E-state index in [1.807, 2.05) is 19.1 Å². The maximum Gasteiger partial charge on any atom is 0.183 e. The van der Waals surface area contributed by atoms with Crippen LogP contribution in [-0.4, -0.2) is 19.2 Å². The van der Waals surface area contributed by atoms with Crippen molar-refractivity contribution in [3.05, 3.63) is 45.9 Å². The van der Waals surface area contributed by atoms with Gasteiger partial charge < -0.3 is 9.47 Å². The summed E-state index contributed by atoms with van der Waals surface area (Å²) < 4.78 is 10.4. The van der Waals surface area contributed by atoms with Gasteiger partial charge in [0, 0.05) is 35.8 Å². The van der Waals surface area contributed by atoms with Gasteiger partial charge in [-0.15, -0.1) is 23.1 Å². The van der Waals surface area contributed by atoms with E-state index in [0.29, 0.717) is 0 Å². The molecule has 19 heavy (non-hydrogen) atoms. The number of nitrogens with zero attached hydrogens (tertiary/aromatic N) is 1. The predicted octanol–water partition coefficient (Wildman–Crippen LogP) is 4.04. The number of ether oxygens (including phenoxy) is 2. The lowest BCUT2D eigenvalue weighted by Crippen LogP contribution is -2.02. The van der Waals surface area contributed by atoms with Gasteiger partial charge in [0.2, 0.25) is 0 Å². The standard InChI is InChI=1S/C14H17NO2S2/c1-10-15-12(8-18-10)9-19-13-6-4-11(5-7-13)14(16-2)17-3/h4-8,14H,9H2,1-3H3. The van der Waals surface area contributed by atoms with Crippen LogP contribution in [0.2, 0.25) is 0 Å². The molecule has 0 spiro atoms. The van der Waals surface area contributed by atoms with Crippen molar-refractivity contribution in [1.82, 2.24) is 4.98 Å². The van der Waals surface area contributed by atoms with Crippen LogP contribution in [0.1, 0.15) is 22.6 Å². The molecule has 1 aromatic carbocycles. The van der Waals surface area contributed by atoms with E-state index in [2.05, 4.69) is 22.5 Å². The first kappa shape index (κ1) is 14.5. The van der Waals surface area contributed by atoms with E-state index in [1.165, 1.54) is 4.90 Å². The Hall–Kier alpha value is -0.880. The van der Waals surface area contributed by atoms with E-state index >= 15 is 0 Å². The average molecular weight is 295 g/mol. The predicted molar refractivity (Wildman–Crippen MR) is 79.6 cm³/mol. The van der Waals surface area contributed by atoms with Crippen molar-refractivity contribution in [3.63, 3.8) is 0 Å². The van der Waals surface area contributed by atoms with Crippen molar-refractivity contribution in [2.45, 2.75) is 23.9 Å². The summed E-state index contributed by atoms with van der Waals surface area (Å²) >= 11 is 3.48. The number of methoxy groups -OCH3 is 2. The summed E-state index contributed by atoms with van der Waals surface area (Å²) in [7, 11) is 3.28. The van der Waals surface area contributed by atoms with Crippen LogP contribution in [0.15, 0.2) is 34.5 Å². The zero-order chi connectivity index (χ0) is 13.7. The molecule has 0 N–H and O–H groups in total. The molecule has 2 rings (SSSR count). The molecule has 5 heteroatoms. The monoisotopic (exact) mass is 295 g/mol. The maximum atomic E-state index is 5.22. The Labute approximate surface area is 122 Å². The zero-order valence-corrected chi connectivity index (χ0v) is 12.9. The first-order valence-electron chi connectivity index (χ1n) is 5.92. The minimum absolute atomic E-state index is 0.291. The summed E-state index contributed by atoms with van der Waals surface area (Å²) in [6.45, 7) is 2.03. The minimum Gasteiger partial charge on any atom is -0.352 e. The third-order valence-electron chi connectivity index (χ3n) is 2.63. The fourth-order valence-corrected chi connectivity index (χ4v) is 3.23. The number of hydrogen-bond acceptors (Lipinski definition) is 5. The molecule has 1 aromatic heterocycles. The number of hydrogen-bond donors (Lipinski definition) is 0. The lowest BCUT2D eigenvalue weighted by molar-refractivity contribution is -0.106. The van der Waals surface area contributed by atoms with Gasteiger partial charge in [-0.1, -0.05) is 12.1 Å². The van der Waals surface area contributed by atoms with Crippen molar-refractivity contribution in [1.29, 1.82) is 0 Å². The normalized spacial score (nSPS) is 11.2. The van der Waals surface area contributed by atoms with E-state index < -0.39 is 0 Å². The van der Waals surface area contributed by atoms with E-state index in [0.717, 1.165) is 22.0 Å². The second-order valence-corrected chi connectivity index (χ2v) is 6.13. The molecule has 3 nitrogen and oxygen atoms in total. The van der Waals surface area contributed by atoms with Gasteiger partial charge in [0.15, 0.2) is 6.29 Å². The van der Waals surface area contributed by atoms with Crippen molar-refractivity contribution >= 4 is 23.1 Å². The molecule has 0 atom stereocenters. The first-order chi connectivity index (χ1) is 9.22. The van der Waals surface area contributed by atoms with Crippen LogP contribution in [0, 0.1) is 6.92 Å². The van der Waals surface area contributed by atoms with Crippen LogP contribution in [0.4, 0.5) is 0 Å².